The highest BCUT2D eigenvalue weighted by Crippen LogP contribution is 2.19. The van der Waals surface area contributed by atoms with Crippen molar-refractivity contribution in [1.82, 2.24) is 20.5 Å². The van der Waals surface area contributed by atoms with Crippen LogP contribution in [0.5, 0.6) is 5.88 Å². The summed E-state index contributed by atoms with van der Waals surface area (Å²) in [6.45, 7) is 9.41. The summed E-state index contributed by atoms with van der Waals surface area (Å²) in [5, 5.41) is 6.83. The van der Waals surface area contributed by atoms with Crippen LogP contribution in [0.2, 0.25) is 0 Å². The quantitative estimate of drug-likeness (QED) is 0.233. The number of methoxy groups -OCH3 is 1. The molecule has 1 aliphatic rings. The zero-order valence-corrected chi connectivity index (χ0v) is 20.0. The normalized spacial score (nSPS) is 15.6. The highest BCUT2D eigenvalue weighted by atomic mass is 127. The number of nitrogens with one attached hydrogen (secondary N) is 2. The van der Waals surface area contributed by atoms with Crippen molar-refractivity contribution in [2.24, 2.45) is 4.99 Å². The molecule has 1 saturated heterocycles. The molecule has 0 atom stereocenters. The molecule has 0 saturated carbocycles. The summed E-state index contributed by atoms with van der Waals surface area (Å²) in [6, 6.07) is 3.92. The molecule has 0 bridgehead atoms. The lowest BCUT2D eigenvalue weighted by Crippen LogP contribution is -2.54. The van der Waals surface area contributed by atoms with Crippen LogP contribution < -0.4 is 15.4 Å². The number of piperidine rings is 1. The molecule has 0 radical (unpaired) electrons. The summed E-state index contributed by atoms with van der Waals surface area (Å²) in [5.41, 5.74) is 1.09. The molecule has 1 aromatic heterocycles. The molecule has 0 aromatic carbocycles. The van der Waals surface area contributed by atoms with Gasteiger partial charge in [0.1, 0.15) is 6.61 Å². The standard InChI is InChI=1S/C20H35N5O2.HI/c1-20(2,25-11-6-5-7-12-25)16-24-19(21-3)23-15-17-9-8-10-22-18(17)27-14-13-26-4;/h8-10H,5-7,11-16H2,1-4H3,(H2,21,23,24);1H. The summed E-state index contributed by atoms with van der Waals surface area (Å²) >= 11 is 0. The van der Waals surface area contributed by atoms with E-state index in [-0.39, 0.29) is 29.5 Å². The minimum Gasteiger partial charge on any atom is -0.475 e. The van der Waals surface area contributed by atoms with Gasteiger partial charge in [-0.1, -0.05) is 12.5 Å². The third-order valence-corrected chi connectivity index (χ3v) is 4.95. The predicted octanol–water partition coefficient (Wildman–Crippen LogP) is 2.65. The van der Waals surface area contributed by atoms with Gasteiger partial charge in [0.15, 0.2) is 5.96 Å². The Balaban J connectivity index is 0.00000392. The van der Waals surface area contributed by atoms with E-state index in [0.717, 1.165) is 18.1 Å². The van der Waals surface area contributed by atoms with Crippen LogP contribution in [0.1, 0.15) is 38.7 Å². The highest BCUT2D eigenvalue weighted by molar-refractivity contribution is 14.0. The number of rotatable bonds is 9. The Bertz CT molecular complexity index is 592. The second-order valence-electron chi connectivity index (χ2n) is 7.45. The minimum absolute atomic E-state index is 0. The van der Waals surface area contributed by atoms with E-state index in [1.165, 1.54) is 32.4 Å². The van der Waals surface area contributed by atoms with E-state index in [4.69, 9.17) is 9.47 Å². The topological polar surface area (TPSA) is 71.0 Å². The van der Waals surface area contributed by atoms with Crippen LogP contribution in [0.4, 0.5) is 0 Å². The molecule has 160 valence electrons. The van der Waals surface area contributed by atoms with E-state index < -0.39 is 0 Å². The van der Waals surface area contributed by atoms with Crippen LogP contribution in [-0.4, -0.2) is 68.4 Å². The van der Waals surface area contributed by atoms with Gasteiger partial charge in [0.05, 0.1) is 6.61 Å². The molecule has 0 aliphatic carbocycles. The van der Waals surface area contributed by atoms with Gasteiger partial charge in [-0.05, 0) is 45.8 Å². The number of nitrogens with zero attached hydrogens (tertiary/aromatic N) is 3. The molecular weight excluding hydrogens is 469 g/mol. The summed E-state index contributed by atoms with van der Waals surface area (Å²) in [6.07, 6.45) is 5.68. The van der Waals surface area contributed by atoms with Gasteiger partial charge in [-0.15, -0.1) is 24.0 Å². The van der Waals surface area contributed by atoms with Crippen LogP contribution in [0.3, 0.4) is 0 Å². The first-order chi connectivity index (χ1) is 13.1. The lowest BCUT2D eigenvalue weighted by atomic mass is 9.98. The van der Waals surface area contributed by atoms with E-state index >= 15 is 0 Å². The maximum Gasteiger partial charge on any atom is 0.218 e. The van der Waals surface area contributed by atoms with Crippen LogP contribution in [0.25, 0.3) is 0 Å². The summed E-state index contributed by atoms with van der Waals surface area (Å²) in [4.78, 5) is 11.2. The van der Waals surface area contributed by atoms with Crippen molar-refractivity contribution >= 4 is 29.9 Å². The number of aromatic nitrogens is 1. The molecule has 0 unspecified atom stereocenters. The maximum absolute atomic E-state index is 5.69. The molecule has 7 nitrogen and oxygen atoms in total. The predicted molar refractivity (Wildman–Crippen MR) is 125 cm³/mol. The number of pyridine rings is 1. The Kier molecular flexibility index (Phi) is 11.7. The first kappa shape index (κ1) is 24.9. The lowest BCUT2D eigenvalue weighted by Gasteiger charge is -2.41. The van der Waals surface area contributed by atoms with Gasteiger partial charge < -0.3 is 20.1 Å². The van der Waals surface area contributed by atoms with Gasteiger partial charge in [0.25, 0.3) is 0 Å². The summed E-state index contributed by atoms with van der Waals surface area (Å²) in [5.74, 6) is 1.41. The van der Waals surface area contributed by atoms with Gasteiger partial charge in [0, 0.05) is 44.5 Å². The largest absolute Gasteiger partial charge is 0.475 e. The third kappa shape index (κ3) is 8.08. The van der Waals surface area contributed by atoms with E-state index in [2.05, 4.69) is 39.4 Å². The number of ether oxygens (including phenoxy) is 2. The fourth-order valence-corrected chi connectivity index (χ4v) is 3.22. The fourth-order valence-electron chi connectivity index (χ4n) is 3.22. The van der Waals surface area contributed by atoms with Crippen molar-refractivity contribution in [2.75, 3.05) is 47.0 Å². The number of aliphatic imine (C=N–C) groups is 1. The molecule has 2 heterocycles. The van der Waals surface area contributed by atoms with Crippen LogP contribution >= 0.6 is 24.0 Å². The van der Waals surface area contributed by atoms with Crippen molar-refractivity contribution in [3.63, 3.8) is 0 Å². The number of likely N-dealkylation sites (tertiary alicyclic amines) is 1. The molecular formula is C20H36IN5O2. The first-order valence-electron chi connectivity index (χ1n) is 9.82. The highest BCUT2D eigenvalue weighted by Gasteiger charge is 2.27. The number of halogens is 1. The van der Waals surface area contributed by atoms with Gasteiger partial charge in [0.2, 0.25) is 5.88 Å². The second kappa shape index (κ2) is 13.2. The summed E-state index contributed by atoms with van der Waals surface area (Å²) < 4.78 is 10.7. The van der Waals surface area contributed by atoms with E-state index in [1.54, 1.807) is 20.4 Å². The van der Waals surface area contributed by atoms with Crippen LogP contribution in [0, 0.1) is 0 Å². The first-order valence-corrected chi connectivity index (χ1v) is 9.82. The molecule has 1 aliphatic heterocycles. The Labute approximate surface area is 186 Å². The molecule has 8 heteroatoms. The number of guanidine groups is 1. The lowest BCUT2D eigenvalue weighted by molar-refractivity contribution is 0.0982. The Morgan fingerprint density at radius 3 is 2.64 bits per heavy atom. The van der Waals surface area contributed by atoms with Crippen molar-refractivity contribution in [2.45, 2.75) is 45.2 Å². The van der Waals surface area contributed by atoms with Crippen molar-refractivity contribution in [3.8, 4) is 5.88 Å². The van der Waals surface area contributed by atoms with Crippen molar-refractivity contribution in [1.29, 1.82) is 0 Å². The van der Waals surface area contributed by atoms with Gasteiger partial charge >= 0.3 is 0 Å². The third-order valence-electron chi connectivity index (χ3n) is 4.95. The maximum atomic E-state index is 5.69. The van der Waals surface area contributed by atoms with Crippen LogP contribution in [-0.2, 0) is 11.3 Å². The SMILES string of the molecule is CN=C(NCc1cccnc1OCCOC)NCC(C)(C)N1CCCCC1.I. The van der Waals surface area contributed by atoms with Crippen molar-refractivity contribution < 1.29 is 9.47 Å². The summed E-state index contributed by atoms with van der Waals surface area (Å²) in [7, 11) is 3.45. The van der Waals surface area contributed by atoms with E-state index in [1.807, 2.05) is 12.1 Å². The van der Waals surface area contributed by atoms with Gasteiger partial charge in [-0.25, -0.2) is 4.98 Å². The Morgan fingerprint density at radius 1 is 1.21 bits per heavy atom. The molecule has 0 spiro atoms. The Hall–Kier alpha value is -1.13. The number of hydrogen-bond donors (Lipinski definition) is 2. The van der Waals surface area contributed by atoms with E-state index in [9.17, 15) is 0 Å². The molecule has 28 heavy (non-hydrogen) atoms. The smallest absolute Gasteiger partial charge is 0.218 e. The zero-order chi connectivity index (χ0) is 19.5. The van der Waals surface area contributed by atoms with Crippen LogP contribution in [0.15, 0.2) is 23.3 Å². The molecule has 1 fully saturated rings. The monoisotopic (exact) mass is 505 g/mol. The fraction of sp³-hybridized carbons (Fsp3) is 0.700. The van der Waals surface area contributed by atoms with Crippen molar-refractivity contribution in [3.05, 3.63) is 23.9 Å². The van der Waals surface area contributed by atoms with E-state index in [0.29, 0.717) is 25.6 Å². The molecule has 1 aromatic rings. The van der Waals surface area contributed by atoms with Gasteiger partial charge in [-0.3, -0.25) is 9.89 Å². The molecule has 0 amide bonds. The zero-order valence-electron chi connectivity index (χ0n) is 17.7. The number of hydrogen-bond acceptors (Lipinski definition) is 5. The average molecular weight is 505 g/mol. The Morgan fingerprint density at radius 2 is 1.96 bits per heavy atom. The molecule has 2 N–H and O–H groups in total. The minimum atomic E-state index is 0. The van der Waals surface area contributed by atoms with Gasteiger partial charge in [-0.2, -0.15) is 0 Å². The second-order valence-corrected chi connectivity index (χ2v) is 7.45. The molecule has 2 rings (SSSR count). The average Bonchev–Trinajstić information content (AvgIpc) is 2.70.